The first-order valence-corrected chi connectivity index (χ1v) is 11.3. The second-order valence-corrected chi connectivity index (χ2v) is 8.74. The molecule has 0 saturated carbocycles. The van der Waals surface area contributed by atoms with E-state index in [9.17, 15) is 14.4 Å². The SMILES string of the molecule is COc1cccc(CNC(=O)[C@@H]2CCCN(C(=O)c3[nH]c(C)c(C(=O)OC(C)C)c3C)C2)c1. The number of carbonyl (C=O) groups is 3. The van der Waals surface area contributed by atoms with E-state index < -0.39 is 5.97 Å². The smallest absolute Gasteiger partial charge is 0.340 e. The van der Waals surface area contributed by atoms with Gasteiger partial charge in [0.15, 0.2) is 0 Å². The van der Waals surface area contributed by atoms with Crippen LogP contribution < -0.4 is 10.1 Å². The highest BCUT2D eigenvalue weighted by Gasteiger charge is 2.32. The number of aromatic nitrogens is 1. The Kier molecular flexibility index (Phi) is 7.79. The number of rotatable bonds is 7. The molecule has 0 unspecified atom stereocenters. The molecule has 1 atom stereocenters. The second kappa shape index (κ2) is 10.6. The summed E-state index contributed by atoms with van der Waals surface area (Å²) >= 11 is 0. The third-order valence-corrected chi connectivity index (χ3v) is 5.88. The number of hydrogen-bond donors (Lipinski definition) is 2. The minimum absolute atomic E-state index is 0.0732. The van der Waals surface area contributed by atoms with Crippen LogP contribution in [0.1, 0.15) is 64.4 Å². The molecule has 178 valence electrons. The van der Waals surface area contributed by atoms with Gasteiger partial charge in [-0.2, -0.15) is 0 Å². The van der Waals surface area contributed by atoms with Crippen LogP contribution in [-0.2, 0) is 16.1 Å². The van der Waals surface area contributed by atoms with Crippen molar-refractivity contribution in [3.63, 3.8) is 0 Å². The van der Waals surface area contributed by atoms with E-state index in [0.717, 1.165) is 24.2 Å². The Morgan fingerprint density at radius 1 is 1.24 bits per heavy atom. The van der Waals surface area contributed by atoms with Crippen LogP contribution in [-0.4, -0.2) is 54.0 Å². The third-order valence-electron chi connectivity index (χ3n) is 5.88. The van der Waals surface area contributed by atoms with Gasteiger partial charge in [0, 0.05) is 25.3 Å². The molecule has 1 aromatic heterocycles. The minimum atomic E-state index is -0.441. The zero-order valence-corrected chi connectivity index (χ0v) is 20.0. The second-order valence-electron chi connectivity index (χ2n) is 8.74. The lowest BCUT2D eigenvalue weighted by Crippen LogP contribution is -2.45. The number of hydrogen-bond acceptors (Lipinski definition) is 5. The van der Waals surface area contributed by atoms with Crippen molar-refractivity contribution in [1.29, 1.82) is 0 Å². The molecule has 2 aromatic rings. The summed E-state index contributed by atoms with van der Waals surface area (Å²) in [6, 6.07) is 7.55. The molecule has 1 aliphatic heterocycles. The lowest BCUT2D eigenvalue weighted by molar-refractivity contribution is -0.126. The van der Waals surface area contributed by atoms with Gasteiger partial charge in [0.25, 0.3) is 5.91 Å². The van der Waals surface area contributed by atoms with E-state index in [0.29, 0.717) is 42.1 Å². The van der Waals surface area contributed by atoms with Gasteiger partial charge >= 0.3 is 5.97 Å². The Hall–Kier alpha value is -3.29. The lowest BCUT2D eigenvalue weighted by atomic mass is 9.96. The molecule has 33 heavy (non-hydrogen) atoms. The molecule has 1 saturated heterocycles. The van der Waals surface area contributed by atoms with Gasteiger partial charge in [-0.3, -0.25) is 9.59 Å². The van der Waals surface area contributed by atoms with Crippen LogP contribution >= 0.6 is 0 Å². The summed E-state index contributed by atoms with van der Waals surface area (Å²) in [6.45, 7) is 8.38. The fraction of sp³-hybridized carbons (Fsp3) is 0.480. The van der Waals surface area contributed by atoms with Crippen molar-refractivity contribution in [1.82, 2.24) is 15.2 Å². The molecule has 1 aromatic carbocycles. The van der Waals surface area contributed by atoms with Crippen LogP contribution in [0.25, 0.3) is 0 Å². The van der Waals surface area contributed by atoms with E-state index in [4.69, 9.17) is 9.47 Å². The maximum absolute atomic E-state index is 13.2. The Labute approximate surface area is 194 Å². The lowest BCUT2D eigenvalue weighted by Gasteiger charge is -2.32. The molecule has 1 fully saturated rings. The molecule has 2 amide bonds. The Morgan fingerprint density at radius 3 is 2.70 bits per heavy atom. The average Bonchev–Trinajstić information content (AvgIpc) is 3.10. The number of amides is 2. The van der Waals surface area contributed by atoms with Crippen molar-refractivity contribution in [3.05, 3.63) is 52.3 Å². The van der Waals surface area contributed by atoms with E-state index in [-0.39, 0.29) is 23.8 Å². The zero-order valence-electron chi connectivity index (χ0n) is 20.0. The summed E-state index contributed by atoms with van der Waals surface area (Å²) in [5.74, 6) is -0.261. The van der Waals surface area contributed by atoms with Crippen LogP contribution in [0.2, 0.25) is 0 Å². The first-order valence-electron chi connectivity index (χ1n) is 11.3. The highest BCUT2D eigenvalue weighted by Crippen LogP contribution is 2.24. The molecule has 2 N–H and O–H groups in total. The number of aryl methyl sites for hydroxylation is 1. The number of nitrogens with zero attached hydrogens (tertiary/aromatic N) is 1. The number of H-pyrrole nitrogens is 1. The van der Waals surface area contributed by atoms with Gasteiger partial charge in [-0.05, 0) is 63.8 Å². The number of nitrogens with one attached hydrogen (secondary N) is 2. The van der Waals surface area contributed by atoms with Gasteiger partial charge in [-0.1, -0.05) is 12.1 Å². The summed E-state index contributed by atoms with van der Waals surface area (Å²) in [5, 5.41) is 2.98. The van der Waals surface area contributed by atoms with E-state index >= 15 is 0 Å². The maximum atomic E-state index is 13.2. The summed E-state index contributed by atoms with van der Waals surface area (Å²) in [6.07, 6.45) is 1.22. The molecule has 8 heteroatoms. The number of ether oxygens (including phenoxy) is 2. The van der Waals surface area contributed by atoms with Gasteiger partial charge in [0.05, 0.1) is 24.7 Å². The van der Waals surface area contributed by atoms with Crippen molar-refractivity contribution in [2.75, 3.05) is 20.2 Å². The van der Waals surface area contributed by atoms with Gasteiger partial charge in [-0.15, -0.1) is 0 Å². The maximum Gasteiger partial charge on any atom is 0.340 e. The van der Waals surface area contributed by atoms with Gasteiger partial charge in [0.1, 0.15) is 11.4 Å². The monoisotopic (exact) mass is 455 g/mol. The van der Waals surface area contributed by atoms with E-state index in [1.807, 2.05) is 24.3 Å². The van der Waals surface area contributed by atoms with E-state index in [1.165, 1.54) is 0 Å². The van der Waals surface area contributed by atoms with Gasteiger partial charge in [-0.25, -0.2) is 4.79 Å². The standard InChI is InChI=1S/C25H33N3O5/c1-15(2)33-25(31)21-16(3)22(27-17(21)4)24(30)28-11-7-9-19(14-28)23(29)26-13-18-8-6-10-20(12-18)32-5/h6,8,10,12,15,19,27H,7,9,11,13-14H2,1-5H3,(H,26,29)/t19-/m1/s1. The minimum Gasteiger partial charge on any atom is -0.497 e. The molecule has 0 aliphatic carbocycles. The highest BCUT2D eigenvalue weighted by atomic mass is 16.5. The van der Waals surface area contributed by atoms with Crippen LogP contribution in [0, 0.1) is 19.8 Å². The van der Waals surface area contributed by atoms with Crippen molar-refractivity contribution in [2.45, 2.75) is 53.2 Å². The number of esters is 1. The van der Waals surface area contributed by atoms with Crippen molar-refractivity contribution >= 4 is 17.8 Å². The third kappa shape index (κ3) is 5.74. The Bertz CT molecular complexity index is 1030. The normalized spacial score (nSPS) is 15.9. The highest BCUT2D eigenvalue weighted by molar-refractivity contribution is 6.00. The first-order chi connectivity index (χ1) is 15.7. The summed E-state index contributed by atoms with van der Waals surface area (Å²) in [4.78, 5) is 43.2. The van der Waals surface area contributed by atoms with Crippen LogP contribution in [0.3, 0.4) is 0 Å². The average molecular weight is 456 g/mol. The molecule has 1 aliphatic rings. The van der Waals surface area contributed by atoms with Crippen LogP contribution in [0.15, 0.2) is 24.3 Å². The summed E-state index contributed by atoms with van der Waals surface area (Å²) in [5.41, 5.74) is 2.90. The molecule has 2 heterocycles. The van der Waals surface area contributed by atoms with E-state index in [1.54, 1.807) is 39.7 Å². The Morgan fingerprint density at radius 2 is 2.00 bits per heavy atom. The fourth-order valence-electron chi connectivity index (χ4n) is 4.19. The molecule has 3 rings (SSSR count). The van der Waals surface area contributed by atoms with Gasteiger partial charge in [0.2, 0.25) is 5.91 Å². The summed E-state index contributed by atoms with van der Waals surface area (Å²) < 4.78 is 10.5. The first kappa shape index (κ1) is 24.4. The summed E-state index contributed by atoms with van der Waals surface area (Å²) in [7, 11) is 1.61. The van der Waals surface area contributed by atoms with Crippen molar-refractivity contribution in [2.24, 2.45) is 5.92 Å². The predicted octanol–water partition coefficient (Wildman–Crippen LogP) is 3.37. The number of methoxy groups -OCH3 is 1. The molecular formula is C25H33N3O5. The Balaban J connectivity index is 1.65. The van der Waals surface area contributed by atoms with Crippen LogP contribution in [0.5, 0.6) is 5.75 Å². The van der Waals surface area contributed by atoms with Gasteiger partial charge < -0.3 is 24.7 Å². The fourth-order valence-corrected chi connectivity index (χ4v) is 4.19. The van der Waals surface area contributed by atoms with Crippen LogP contribution in [0.4, 0.5) is 0 Å². The van der Waals surface area contributed by atoms with E-state index in [2.05, 4.69) is 10.3 Å². The number of aromatic amines is 1. The van der Waals surface area contributed by atoms with Crippen molar-refractivity contribution in [3.8, 4) is 5.75 Å². The zero-order chi connectivity index (χ0) is 24.1. The molecule has 0 radical (unpaired) electrons. The number of piperidine rings is 1. The largest absolute Gasteiger partial charge is 0.497 e. The quantitative estimate of drug-likeness (QED) is 0.624. The molecule has 0 bridgehead atoms. The number of benzene rings is 1. The van der Waals surface area contributed by atoms with Crippen molar-refractivity contribution < 1.29 is 23.9 Å². The molecule has 0 spiro atoms. The molecule has 8 nitrogen and oxygen atoms in total. The predicted molar refractivity (Wildman–Crippen MR) is 124 cm³/mol. The topological polar surface area (TPSA) is 101 Å². The molecular weight excluding hydrogens is 422 g/mol. The number of carbonyl (C=O) groups excluding carboxylic acids is 3. The number of likely N-dealkylation sites (tertiary alicyclic amines) is 1.